The minimum Gasteiger partial charge on any atom is -0.508 e. The highest BCUT2D eigenvalue weighted by atomic mass is 19.1. The summed E-state index contributed by atoms with van der Waals surface area (Å²) in [6.45, 7) is 6.81. The van der Waals surface area contributed by atoms with Crippen LogP contribution in [0.4, 0.5) is 4.39 Å². The molecule has 2 atom stereocenters. The topological polar surface area (TPSA) is 38.0 Å². The summed E-state index contributed by atoms with van der Waals surface area (Å²) in [4.78, 5) is 3.89. The van der Waals surface area contributed by atoms with Gasteiger partial charge in [0.2, 0.25) is 5.95 Å². The van der Waals surface area contributed by atoms with E-state index < -0.39 is 5.95 Å². The third-order valence-electron chi connectivity index (χ3n) is 9.14. The molecule has 0 unspecified atom stereocenters. The van der Waals surface area contributed by atoms with E-state index in [1.807, 2.05) is 16.7 Å². The molecule has 1 N–H and O–H groups in total. The molecule has 4 aliphatic rings. The first-order valence-electron chi connectivity index (χ1n) is 14.8. The van der Waals surface area contributed by atoms with E-state index in [1.165, 1.54) is 92.7 Å². The van der Waals surface area contributed by atoms with Gasteiger partial charge in [0.1, 0.15) is 12.1 Å². The van der Waals surface area contributed by atoms with Crippen LogP contribution in [0.5, 0.6) is 0 Å². The van der Waals surface area contributed by atoms with E-state index >= 15 is 0 Å². The second kappa shape index (κ2) is 11.1. The maximum Gasteiger partial charge on any atom is 0.231 e. The lowest BCUT2D eigenvalue weighted by molar-refractivity contribution is 0.400. The second-order valence-electron chi connectivity index (χ2n) is 11.9. The largest absolute Gasteiger partial charge is 0.508 e. The molecule has 0 spiro atoms. The molecule has 4 heteroatoms. The number of nitrogens with zero attached hydrogens (tertiary/aromatic N) is 2. The van der Waals surface area contributed by atoms with Crippen molar-refractivity contribution < 1.29 is 9.50 Å². The Morgan fingerprint density at radius 1 is 0.947 bits per heavy atom. The van der Waals surface area contributed by atoms with Gasteiger partial charge in [0.05, 0.1) is 11.6 Å². The third-order valence-corrected chi connectivity index (χ3v) is 9.14. The monoisotopic (exact) mass is 514 g/mol. The minimum absolute atomic E-state index is 0.159. The first-order valence-corrected chi connectivity index (χ1v) is 14.8. The quantitative estimate of drug-likeness (QED) is 0.282. The second-order valence-corrected chi connectivity index (χ2v) is 11.9. The van der Waals surface area contributed by atoms with Gasteiger partial charge in [-0.15, -0.1) is 0 Å². The standard InChI is InChI=1S/C34H43FN2O/c1-4-5-6-7-8-9-10-11-12-13-14-25-21-30(37-23-31(35)36-24-37)34(3)20-18-29-28(32(25)34)16-15-26-22-27(38)17-19-33(26,29)2/h15-18,20-24,38H,4-14,19H2,1-3H3/t33-,34-/m1/s1. The molecule has 5 rings (SSSR count). The first-order chi connectivity index (χ1) is 18.4. The van der Waals surface area contributed by atoms with Crippen LogP contribution in [0.3, 0.4) is 0 Å². The fourth-order valence-electron chi connectivity index (χ4n) is 6.85. The highest BCUT2D eigenvalue weighted by Gasteiger charge is 2.46. The van der Waals surface area contributed by atoms with Crippen LogP contribution in [0, 0.1) is 16.8 Å². The van der Waals surface area contributed by atoms with Crippen molar-refractivity contribution in [2.24, 2.45) is 10.8 Å². The van der Waals surface area contributed by atoms with Crippen molar-refractivity contribution in [1.29, 1.82) is 0 Å². The molecule has 0 amide bonds. The summed E-state index contributed by atoms with van der Waals surface area (Å²) in [6.07, 6.45) is 33.2. The van der Waals surface area contributed by atoms with Crippen LogP contribution < -0.4 is 0 Å². The van der Waals surface area contributed by atoms with Gasteiger partial charge in [0.25, 0.3) is 0 Å². The maximum atomic E-state index is 14.0. The number of fused-ring (bicyclic) bond motifs is 4. The number of imidazole rings is 1. The SMILES string of the molecule is CCCCCCCCCCCCC1=C2C3=C(C=C[C@]2(C)C(n2cnc(F)c2)=C1)[C@]1(C)CC=C(O)C=C1C=C3. The van der Waals surface area contributed by atoms with Crippen molar-refractivity contribution >= 4 is 5.70 Å². The Hall–Kier alpha value is -2.88. The molecule has 1 aromatic heterocycles. The predicted octanol–water partition coefficient (Wildman–Crippen LogP) is 9.71. The Labute approximate surface area is 227 Å². The third kappa shape index (κ3) is 4.95. The number of aliphatic hydroxyl groups is 1. The Bertz CT molecular complexity index is 1280. The molecule has 0 bridgehead atoms. The van der Waals surface area contributed by atoms with E-state index in [0.29, 0.717) is 5.76 Å². The Balaban J connectivity index is 1.36. The molecule has 3 nitrogen and oxygen atoms in total. The van der Waals surface area contributed by atoms with Gasteiger partial charge in [-0.2, -0.15) is 4.39 Å². The summed E-state index contributed by atoms with van der Waals surface area (Å²) in [6, 6.07) is 0. The van der Waals surface area contributed by atoms with Gasteiger partial charge < -0.3 is 9.67 Å². The predicted molar refractivity (Wildman–Crippen MR) is 155 cm³/mol. The van der Waals surface area contributed by atoms with E-state index in [9.17, 15) is 9.50 Å². The average molecular weight is 515 g/mol. The lowest BCUT2D eigenvalue weighted by atomic mass is 9.61. The number of allylic oxidation sites excluding steroid dienone is 13. The summed E-state index contributed by atoms with van der Waals surface area (Å²) in [5, 5.41) is 10.1. The molecular weight excluding hydrogens is 471 g/mol. The van der Waals surface area contributed by atoms with Crippen molar-refractivity contribution in [2.75, 3.05) is 0 Å². The number of rotatable bonds is 12. The molecular formula is C34H43FN2O. The van der Waals surface area contributed by atoms with Gasteiger partial charge in [0, 0.05) is 11.1 Å². The summed E-state index contributed by atoms with van der Waals surface area (Å²) < 4.78 is 15.8. The zero-order valence-electron chi connectivity index (χ0n) is 23.4. The summed E-state index contributed by atoms with van der Waals surface area (Å²) >= 11 is 0. The first kappa shape index (κ1) is 26.7. The minimum atomic E-state index is -0.451. The van der Waals surface area contributed by atoms with Crippen LogP contribution in [0.2, 0.25) is 0 Å². The molecule has 1 aromatic rings. The van der Waals surface area contributed by atoms with Crippen LogP contribution >= 0.6 is 0 Å². The Kier molecular flexibility index (Phi) is 7.79. The van der Waals surface area contributed by atoms with E-state index in [0.717, 1.165) is 24.1 Å². The molecule has 0 aliphatic heterocycles. The number of halogens is 1. The molecule has 202 valence electrons. The zero-order valence-corrected chi connectivity index (χ0v) is 23.4. The van der Waals surface area contributed by atoms with Crippen LogP contribution in [0.25, 0.3) is 5.70 Å². The van der Waals surface area contributed by atoms with Crippen molar-refractivity contribution in [3.8, 4) is 0 Å². The van der Waals surface area contributed by atoms with Crippen LogP contribution in [0.15, 0.2) is 88.7 Å². The fraction of sp³-hybridized carbons (Fsp3) is 0.500. The molecule has 4 aliphatic carbocycles. The van der Waals surface area contributed by atoms with Crippen LogP contribution in [-0.4, -0.2) is 14.7 Å². The van der Waals surface area contributed by atoms with E-state index in [4.69, 9.17) is 0 Å². The lowest BCUT2D eigenvalue weighted by Crippen LogP contribution is -2.31. The molecule has 1 heterocycles. The van der Waals surface area contributed by atoms with Crippen molar-refractivity contribution in [1.82, 2.24) is 9.55 Å². The molecule has 0 aromatic carbocycles. The maximum absolute atomic E-state index is 14.0. The van der Waals surface area contributed by atoms with Crippen LogP contribution in [-0.2, 0) is 0 Å². The number of unbranched alkanes of at least 4 members (excludes halogenated alkanes) is 9. The average Bonchev–Trinajstić information content (AvgIpc) is 3.45. The van der Waals surface area contributed by atoms with Gasteiger partial charge in [-0.1, -0.05) is 95.9 Å². The van der Waals surface area contributed by atoms with Crippen molar-refractivity contribution in [3.05, 3.63) is 94.6 Å². The molecule has 38 heavy (non-hydrogen) atoms. The van der Waals surface area contributed by atoms with Gasteiger partial charge in [-0.25, -0.2) is 4.98 Å². The van der Waals surface area contributed by atoms with Gasteiger partial charge in [-0.3, -0.25) is 0 Å². The van der Waals surface area contributed by atoms with E-state index in [-0.39, 0.29) is 10.8 Å². The number of hydrogen-bond donors (Lipinski definition) is 1. The normalized spacial score (nSPS) is 25.7. The fourth-order valence-corrected chi connectivity index (χ4v) is 6.85. The van der Waals surface area contributed by atoms with E-state index in [1.54, 1.807) is 6.33 Å². The Morgan fingerprint density at radius 3 is 2.34 bits per heavy atom. The Morgan fingerprint density at radius 2 is 1.66 bits per heavy atom. The number of aliphatic hydroxyl groups excluding tert-OH is 1. The van der Waals surface area contributed by atoms with Gasteiger partial charge in [0.15, 0.2) is 0 Å². The van der Waals surface area contributed by atoms with Gasteiger partial charge in [-0.05, 0) is 72.3 Å². The summed E-state index contributed by atoms with van der Waals surface area (Å²) in [7, 11) is 0. The van der Waals surface area contributed by atoms with Crippen LogP contribution in [0.1, 0.15) is 97.8 Å². The molecule has 0 fully saturated rings. The van der Waals surface area contributed by atoms with Crippen molar-refractivity contribution in [2.45, 2.75) is 97.8 Å². The summed E-state index contributed by atoms with van der Waals surface area (Å²) in [5.41, 5.74) is 7.04. The molecule has 0 radical (unpaired) electrons. The molecule has 0 saturated heterocycles. The number of aromatic nitrogens is 2. The van der Waals surface area contributed by atoms with Crippen molar-refractivity contribution in [3.63, 3.8) is 0 Å². The lowest BCUT2D eigenvalue weighted by Gasteiger charge is -2.43. The number of hydrogen-bond acceptors (Lipinski definition) is 2. The highest BCUT2D eigenvalue weighted by Crippen LogP contribution is 2.59. The zero-order chi connectivity index (χ0) is 26.8. The summed E-state index contributed by atoms with van der Waals surface area (Å²) in [5.74, 6) is -0.101. The highest BCUT2D eigenvalue weighted by molar-refractivity contribution is 5.79. The van der Waals surface area contributed by atoms with E-state index in [2.05, 4.69) is 56.1 Å². The molecule has 0 saturated carbocycles. The smallest absolute Gasteiger partial charge is 0.231 e. The van der Waals surface area contributed by atoms with Gasteiger partial charge >= 0.3 is 0 Å².